The second-order valence-electron chi connectivity index (χ2n) is 3.86. The fraction of sp³-hybridized carbons (Fsp3) is 0.636. The summed E-state index contributed by atoms with van der Waals surface area (Å²) in [7, 11) is 0. The maximum absolute atomic E-state index is 4.01. The largest absolute Gasteiger partial charge is 0.0998 e. The second-order valence-corrected chi connectivity index (χ2v) is 3.86. The van der Waals surface area contributed by atoms with Crippen molar-refractivity contribution in [1.29, 1.82) is 0 Å². The molecule has 1 rings (SSSR count). The highest BCUT2D eigenvalue weighted by molar-refractivity contribution is 5.12. The number of hydrogen-bond donors (Lipinski definition) is 0. The standard InChI is InChI=1S/C11H18/c1-8(2)11-6-5-9(3)10(4)7-11/h5,10-11H,1,6-7H2,2-4H3/t10?,11-/m0/s1. The zero-order valence-corrected chi connectivity index (χ0v) is 7.85. The SMILES string of the molecule is C=C(C)[C@H]1CC=C(C)C(C)C1. The van der Waals surface area contributed by atoms with Crippen molar-refractivity contribution in [3.8, 4) is 0 Å². The summed E-state index contributed by atoms with van der Waals surface area (Å²) in [6.07, 6.45) is 4.89. The normalized spacial score (nSPS) is 31.4. The van der Waals surface area contributed by atoms with Crippen molar-refractivity contribution in [3.05, 3.63) is 23.8 Å². The maximum atomic E-state index is 4.01. The first-order valence-electron chi connectivity index (χ1n) is 4.43. The summed E-state index contributed by atoms with van der Waals surface area (Å²) in [5.74, 6) is 1.51. The van der Waals surface area contributed by atoms with Gasteiger partial charge in [0.05, 0.1) is 0 Å². The summed E-state index contributed by atoms with van der Waals surface area (Å²) in [4.78, 5) is 0. The third kappa shape index (κ3) is 1.95. The molecule has 0 saturated heterocycles. The molecule has 0 N–H and O–H groups in total. The topological polar surface area (TPSA) is 0 Å². The van der Waals surface area contributed by atoms with Crippen molar-refractivity contribution in [2.75, 3.05) is 0 Å². The maximum Gasteiger partial charge on any atom is -0.0168 e. The van der Waals surface area contributed by atoms with E-state index in [9.17, 15) is 0 Å². The monoisotopic (exact) mass is 150 g/mol. The number of hydrogen-bond acceptors (Lipinski definition) is 0. The minimum Gasteiger partial charge on any atom is -0.0998 e. The van der Waals surface area contributed by atoms with Crippen LogP contribution in [0.15, 0.2) is 23.8 Å². The number of rotatable bonds is 1. The average Bonchev–Trinajstić information content (AvgIpc) is 1.94. The van der Waals surface area contributed by atoms with Crippen molar-refractivity contribution in [3.63, 3.8) is 0 Å². The molecule has 1 aliphatic rings. The molecule has 0 aromatic heterocycles. The quantitative estimate of drug-likeness (QED) is 0.501. The molecule has 0 fully saturated rings. The van der Waals surface area contributed by atoms with Crippen molar-refractivity contribution in [2.24, 2.45) is 11.8 Å². The van der Waals surface area contributed by atoms with Gasteiger partial charge >= 0.3 is 0 Å². The highest BCUT2D eigenvalue weighted by Gasteiger charge is 2.18. The fourth-order valence-electron chi connectivity index (χ4n) is 1.64. The zero-order valence-electron chi connectivity index (χ0n) is 7.85. The molecule has 62 valence electrons. The zero-order chi connectivity index (χ0) is 8.43. The number of allylic oxidation sites excluding steroid dienone is 3. The van der Waals surface area contributed by atoms with E-state index in [0.717, 1.165) is 11.8 Å². The Kier molecular flexibility index (Phi) is 2.53. The molecule has 0 nitrogen and oxygen atoms in total. The highest BCUT2D eigenvalue weighted by atomic mass is 14.2. The molecule has 0 heteroatoms. The van der Waals surface area contributed by atoms with Gasteiger partial charge in [-0.05, 0) is 38.5 Å². The van der Waals surface area contributed by atoms with E-state index in [1.807, 2.05) is 0 Å². The Balaban J connectivity index is 2.62. The van der Waals surface area contributed by atoms with Crippen LogP contribution in [-0.4, -0.2) is 0 Å². The molecule has 1 unspecified atom stereocenters. The minimum atomic E-state index is 0.744. The molecule has 0 aliphatic heterocycles. The van der Waals surface area contributed by atoms with E-state index >= 15 is 0 Å². The van der Waals surface area contributed by atoms with Crippen molar-refractivity contribution >= 4 is 0 Å². The average molecular weight is 150 g/mol. The lowest BCUT2D eigenvalue weighted by atomic mass is 9.80. The molecule has 0 heterocycles. The van der Waals surface area contributed by atoms with Crippen LogP contribution < -0.4 is 0 Å². The summed E-state index contributed by atoms with van der Waals surface area (Å²) in [5, 5.41) is 0. The van der Waals surface area contributed by atoms with Gasteiger partial charge in [0.25, 0.3) is 0 Å². The summed E-state index contributed by atoms with van der Waals surface area (Å²) in [5.41, 5.74) is 2.91. The molecular formula is C11H18. The van der Waals surface area contributed by atoms with Gasteiger partial charge in [-0.15, -0.1) is 0 Å². The van der Waals surface area contributed by atoms with Gasteiger partial charge in [-0.1, -0.05) is 30.7 Å². The molecule has 0 bridgehead atoms. The van der Waals surface area contributed by atoms with Gasteiger partial charge in [-0.2, -0.15) is 0 Å². The molecular weight excluding hydrogens is 132 g/mol. The van der Waals surface area contributed by atoms with E-state index in [1.54, 1.807) is 5.57 Å². The Hall–Kier alpha value is -0.520. The molecule has 0 saturated carbocycles. The summed E-state index contributed by atoms with van der Waals surface area (Å²) >= 11 is 0. The van der Waals surface area contributed by atoms with Gasteiger partial charge in [-0.3, -0.25) is 0 Å². The Morgan fingerprint density at radius 1 is 1.64 bits per heavy atom. The van der Waals surface area contributed by atoms with Crippen LogP contribution in [0.2, 0.25) is 0 Å². The molecule has 0 spiro atoms. The molecule has 0 amide bonds. The lowest BCUT2D eigenvalue weighted by Gasteiger charge is -2.26. The van der Waals surface area contributed by atoms with Crippen molar-refractivity contribution in [2.45, 2.75) is 33.6 Å². The van der Waals surface area contributed by atoms with E-state index in [0.29, 0.717) is 0 Å². The fourth-order valence-corrected chi connectivity index (χ4v) is 1.64. The summed E-state index contributed by atoms with van der Waals surface area (Å²) < 4.78 is 0. The predicted octanol–water partition coefficient (Wildman–Crippen LogP) is 3.55. The van der Waals surface area contributed by atoms with E-state index in [4.69, 9.17) is 0 Å². The molecule has 0 aromatic rings. The van der Waals surface area contributed by atoms with Crippen LogP contribution >= 0.6 is 0 Å². The lowest BCUT2D eigenvalue weighted by molar-refractivity contribution is 0.450. The molecule has 0 radical (unpaired) electrons. The first kappa shape index (κ1) is 8.58. The van der Waals surface area contributed by atoms with Crippen LogP contribution in [0.3, 0.4) is 0 Å². The van der Waals surface area contributed by atoms with Crippen LogP contribution in [0, 0.1) is 11.8 Å². The summed E-state index contributed by atoms with van der Waals surface area (Å²) in [6.45, 7) is 10.7. The lowest BCUT2D eigenvalue weighted by Crippen LogP contribution is -2.12. The Bertz CT molecular complexity index is 186. The van der Waals surface area contributed by atoms with E-state index in [2.05, 4.69) is 33.4 Å². The first-order chi connectivity index (χ1) is 5.11. The van der Waals surface area contributed by atoms with Crippen LogP contribution in [0.5, 0.6) is 0 Å². The molecule has 11 heavy (non-hydrogen) atoms. The highest BCUT2D eigenvalue weighted by Crippen LogP contribution is 2.31. The van der Waals surface area contributed by atoms with Gasteiger partial charge in [-0.25, -0.2) is 0 Å². The Morgan fingerprint density at radius 2 is 2.27 bits per heavy atom. The minimum absolute atomic E-state index is 0.744. The van der Waals surface area contributed by atoms with Gasteiger partial charge < -0.3 is 0 Å². The molecule has 2 atom stereocenters. The van der Waals surface area contributed by atoms with Gasteiger partial charge in [0, 0.05) is 0 Å². The first-order valence-corrected chi connectivity index (χ1v) is 4.43. The van der Waals surface area contributed by atoms with Crippen LogP contribution in [0.4, 0.5) is 0 Å². The Labute approximate surface area is 70.0 Å². The van der Waals surface area contributed by atoms with Crippen molar-refractivity contribution in [1.82, 2.24) is 0 Å². The summed E-state index contributed by atoms with van der Waals surface area (Å²) in [6, 6.07) is 0. The van der Waals surface area contributed by atoms with Gasteiger partial charge in [0.15, 0.2) is 0 Å². The van der Waals surface area contributed by atoms with E-state index in [-0.39, 0.29) is 0 Å². The third-order valence-corrected chi connectivity index (χ3v) is 2.84. The van der Waals surface area contributed by atoms with Crippen LogP contribution in [-0.2, 0) is 0 Å². The smallest absolute Gasteiger partial charge is 0.0168 e. The second kappa shape index (κ2) is 3.25. The third-order valence-electron chi connectivity index (χ3n) is 2.84. The van der Waals surface area contributed by atoms with Crippen LogP contribution in [0.25, 0.3) is 0 Å². The predicted molar refractivity (Wildman–Crippen MR) is 50.5 cm³/mol. The molecule has 0 aromatic carbocycles. The molecule has 1 aliphatic carbocycles. The van der Waals surface area contributed by atoms with Crippen molar-refractivity contribution < 1.29 is 0 Å². The van der Waals surface area contributed by atoms with Gasteiger partial charge in [0.1, 0.15) is 0 Å². The van der Waals surface area contributed by atoms with Crippen LogP contribution in [0.1, 0.15) is 33.6 Å². The van der Waals surface area contributed by atoms with Gasteiger partial charge in [0.2, 0.25) is 0 Å². The Morgan fingerprint density at radius 3 is 2.73 bits per heavy atom. The van der Waals surface area contributed by atoms with E-state index in [1.165, 1.54) is 18.4 Å². The van der Waals surface area contributed by atoms with E-state index < -0.39 is 0 Å².